The molecule has 2 aromatic rings. The number of rotatable bonds is 5. The Kier molecular flexibility index (Phi) is 5.26. The molecule has 6 nitrogen and oxygen atoms in total. The Bertz CT molecular complexity index is 718. The summed E-state index contributed by atoms with van der Waals surface area (Å²) in [7, 11) is 0. The van der Waals surface area contributed by atoms with E-state index in [2.05, 4.69) is 22.4 Å². The van der Waals surface area contributed by atoms with Crippen molar-refractivity contribution in [3.8, 4) is 0 Å². The average molecular weight is 360 g/mol. The van der Waals surface area contributed by atoms with Crippen LogP contribution in [-0.2, 0) is 0 Å². The lowest BCUT2D eigenvalue weighted by atomic mass is 10.0. The van der Waals surface area contributed by atoms with Crippen molar-refractivity contribution >= 4 is 0 Å². The zero-order chi connectivity index (χ0) is 17.9. The summed E-state index contributed by atoms with van der Waals surface area (Å²) in [6.45, 7) is 7.63. The van der Waals surface area contributed by atoms with Gasteiger partial charge in [0.05, 0.1) is 18.2 Å². The molecule has 2 N–H and O–H groups in total. The van der Waals surface area contributed by atoms with Crippen LogP contribution in [-0.4, -0.2) is 52.9 Å². The van der Waals surface area contributed by atoms with Crippen LogP contribution in [0.25, 0.3) is 0 Å². The third-order valence-corrected chi connectivity index (χ3v) is 6.17. The van der Waals surface area contributed by atoms with E-state index >= 15 is 0 Å². The first-order valence-corrected chi connectivity index (χ1v) is 9.98. The highest BCUT2D eigenvalue weighted by Gasteiger charge is 2.38. The Labute approximate surface area is 154 Å². The molecule has 2 aliphatic rings. The van der Waals surface area contributed by atoms with Crippen molar-refractivity contribution in [1.82, 2.24) is 20.2 Å². The van der Waals surface area contributed by atoms with Crippen LogP contribution in [0.1, 0.15) is 56.1 Å². The number of benzene rings is 1. The predicted molar refractivity (Wildman–Crippen MR) is 95.5 cm³/mol. The van der Waals surface area contributed by atoms with Gasteiger partial charge >= 0.3 is 0 Å². The third-order valence-electron chi connectivity index (χ3n) is 6.17. The first-order chi connectivity index (χ1) is 12.8. The van der Waals surface area contributed by atoms with Crippen molar-refractivity contribution in [3.63, 3.8) is 0 Å². The van der Waals surface area contributed by atoms with E-state index in [0.717, 1.165) is 57.0 Å². The molecular weight excluding hydrogens is 331 g/mol. The van der Waals surface area contributed by atoms with Gasteiger partial charge < -0.3 is 9.80 Å². The Hall–Kier alpha value is -1.86. The largest absolute Gasteiger partial charge is 0.326 e. The Morgan fingerprint density at radius 1 is 1.15 bits per heavy atom. The van der Waals surface area contributed by atoms with Gasteiger partial charge in [-0.3, -0.25) is 0 Å². The summed E-state index contributed by atoms with van der Waals surface area (Å²) in [5.74, 6) is 0.674. The normalized spacial score (nSPS) is 25.5. The molecule has 0 unspecified atom stereocenters. The molecule has 1 saturated carbocycles. The minimum Gasteiger partial charge on any atom is -0.326 e. The second-order valence-corrected chi connectivity index (χ2v) is 7.64. The highest BCUT2D eigenvalue weighted by Crippen LogP contribution is 2.31. The zero-order valence-electron chi connectivity index (χ0n) is 15.5. The van der Waals surface area contributed by atoms with Crippen LogP contribution in [0.15, 0.2) is 24.3 Å². The van der Waals surface area contributed by atoms with Gasteiger partial charge in [-0.05, 0) is 42.3 Å². The number of hydrogen-bond donors (Lipinski definition) is 2. The molecule has 0 amide bonds. The van der Waals surface area contributed by atoms with Crippen molar-refractivity contribution in [2.45, 2.75) is 44.7 Å². The van der Waals surface area contributed by atoms with Crippen LogP contribution >= 0.6 is 0 Å². The SMILES string of the molecule is CC[NH+]1CC[NH+]([C@@H](c2ccccc2F)c2nnnn2C2CCCC2)CC1. The molecule has 1 atom stereocenters. The lowest BCUT2D eigenvalue weighted by Gasteiger charge is -2.34. The molecular formula is C19H29FN6+2. The van der Waals surface area contributed by atoms with E-state index in [1.165, 1.54) is 17.7 Å². The number of nitrogens with zero attached hydrogens (tertiary/aromatic N) is 4. The monoisotopic (exact) mass is 360 g/mol. The molecule has 1 aliphatic heterocycles. The number of quaternary nitrogens is 2. The van der Waals surface area contributed by atoms with Gasteiger partial charge in [0.1, 0.15) is 32.0 Å². The van der Waals surface area contributed by atoms with Crippen molar-refractivity contribution in [2.24, 2.45) is 0 Å². The van der Waals surface area contributed by atoms with E-state index in [9.17, 15) is 4.39 Å². The lowest BCUT2D eigenvalue weighted by Crippen LogP contribution is -3.28. The molecule has 0 bridgehead atoms. The summed E-state index contributed by atoms with van der Waals surface area (Å²) in [6.07, 6.45) is 4.68. The molecule has 4 rings (SSSR count). The van der Waals surface area contributed by atoms with Gasteiger partial charge in [-0.15, -0.1) is 5.10 Å². The summed E-state index contributed by atoms with van der Waals surface area (Å²) in [4.78, 5) is 3.00. The van der Waals surface area contributed by atoms with Crippen molar-refractivity contribution in [2.75, 3.05) is 32.7 Å². The van der Waals surface area contributed by atoms with Crippen LogP contribution in [0, 0.1) is 5.82 Å². The number of nitrogens with one attached hydrogen (secondary N) is 2. The van der Waals surface area contributed by atoms with Crippen LogP contribution in [0.4, 0.5) is 4.39 Å². The van der Waals surface area contributed by atoms with Gasteiger partial charge in [-0.25, -0.2) is 9.07 Å². The summed E-state index contributed by atoms with van der Waals surface area (Å²) in [5, 5.41) is 12.7. The van der Waals surface area contributed by atoms with E-state index in [4.69, 9.17) is 0 Å². The summed E-state index contributed by atoms with van der Waals surface area (Å²) >= 11 is 0. The fraction of sp³-hybridized carbons (Fsp3) is 0.632. The molecule has 7 heteroatoms. The van der Waals surface area contributed by atoms with E-state index < -0.39 is 0 Å². The second kappa shape index (κ2) is 7.80. The molecule has 140 valence electrons. The Balaban J connectivity index is 1.70. The third kappa shape index (κ3) is 3.38. The minimum atomic E-state index is -0.156. The number of tetrazole rings is 1. The molecule has 2 heterocycles. The number of likely N-dealkylation sites (N-methyl/N-ethyl adjacent to an activating group) is 1. The Morgan fingerprint density at radius 3 is 2.58 bits per heavy atom. The topological polar surface area (TPSA) is 52.5 Å². The first-order valence-electron chi connectivity index (χ1n) is 9.98. The van der Waals surface area contributed by atoms with Crippen LogP contribution in [0.2, 0.25) is 0 Å². The van der Waals surface area contributed by atoms with E-state index in [0.29, 0.717) is 6.04 Å². The van der Waals surface area contributed by atoms with Gasteiger partial charge in [0.15, 0.2) is 6.04 Å². The molecule has 1 aliphatic carbocycles. The van der Waals surface area contributed by atoms with E-state index in [-0.39, 0.29) is 11.9 Å². The summed E-state index contributed by atoms with van der Waals surface area (Å²) in [6, 6.07) is 7.35. The quantitative estimate of drug-likeness (QED) is 0.778. The maximum absolute atomic E-state index is 14.7. The first kappa shape index (κ1) is 17.5. The fourth-order valence-corrected chi connectivity index (χ4v) is 4.62. The van der Waals surface area contributed by atoms with Crippen LogP contribution in [0.3, 0.4) is 0 Å². The highest BCUT2D eigenvalue weighted by atomic mass is 19.1. The van der Waals surface area contributed by atoms with Gasteiger partial charge in [0, 0.05) is 0 Å². The molecule has 26 heavy (non-hydrogen) atoms. The number of piperazine rings is 1. The van der Waals surface area contributed by atoms with Crippen molar-refractivity contribution < 1.29 is 14.2 Å². The van der Waals surface area contributed by atoms with Gasteiger partial charge in [0.2, 0.25) is 5.82 Å². The fourth-order valence-electron chi connectivity index (χ4n) is 4.62. The van der Waals surface area contributed by atoms with Gasteiger partial charge in [-0.1, -0.05) is 25.0 Å². The lowest BCUT2D eigenvalue weighted by molar-refractivity contribution is -1.02. The minimum absolute atomic E-state index is 0.134. The number of aromatic nitrogens is 4. The Morgan fingerprint density at radius 2 is 1.88 bits per heavy atom. The smallest absolute Gasteiger partial charge is 0.214 e. The van der Waals surface area contributed by atoms with Crippen molar-refractivity contribution in [3.05, 3.63) is 41.5 Å². The molecule has 2 fully saturated rings. The highest BCUT2D eigenvalue weighted by molar-refractivity contribution is 5.24. The molecule has 1 saturated heterocycles. The molecule has 1 aromatic carbocycles. The van der Waals surface area contributed by atoms with E-state index in [1.807, 2.05) is 16.8 Å². The summed E-state index contributed by atoms with van der Waals surface area (Å²) in [5.41, 5.74) is 0.719. The maximum atomic E-state index is 14.7. The standard InChI is InChI=1S/C19H27FN6/c1-2-24-11-13-25(14-12-24)18(16-9-5-6-10-17(16)20)19-21-22-23-26(19)15-7-3-4-8-15/h5-6,9-10,15,18H,2-4,7-8,11-14H2,1H3/p+2/t18-/m0/s1. The average Bonchev–Trinajstić information content (AvgIpc) is 3.35. The molecule has 0 spiro atoms. The summed E-state index contributed by atoms with van der Waals surface area (Å²) < 4.78 is 16.7. The van der Waals surface area contributed by atoms with Crippen LogP contribution in [0.5, 0.6) is 0 Å². The maximum Gasteiger partial charge on any atom is 0.214 e. The van der Waals surface area contributed by atoms with Crippen molar-refractivity contribution in [1.29, 1.82) is 0 Å². The molecule has 1 aromatic heterocycles. The number of hydrogen-bond acceptors (Lipinski definition) is 3. The zero-order valence-corrected chi connectivity index (χ0v) is 15.5. The molecule has 0 radical (unpaired) electrons. The predicted octanol–water partition coefficient (Wildman–Crippen LogP) is -0.180. The number of halogens is 1. The second-order valence-electron chi connectivity index (χ2n) is 7.64. The van der Waals surface area contributed by atoms with E-state index in [1.54, 1.807) is 17.0 Å². The van der Waals surface area contributed by atoms with Gasteiger partial charge in [0.25, 0.3) is 0 Å². The van der Waals surface area contributed by atoms with Crippen LogP contribution < -0.4 is 9.80 Å². The van der Waals surface area contributed by atoms with Gasteiger partial charge in [-0.2, -0.15) is 0 Å².